The number of anilines is 1. The maximum atomic E-state index is 10.9. The lowest BCUT2D eigenvalue weighted by Gasteiger charge is -2.06. The third-order valence-corrected chi connectivity index (χ3v) is 2.43. The maximum absolute atomic E-state index is 10.9. The highest BCUT2D eigenvalue weighted by Crippen LogP contribution is 2.27. The molecule has 4 N–H and O–H groups in total. The fourth-order valence-electron chi connectivity index (χ4n) is 1.52. The van der Waals surface area contributed by atoms with Crippen LogP contribution in [0.25, 0.3) is 0 Å². The van der Waals surface area contributed by atoms with Gasteiger partial charge in [-0.3, -0.25) is 10.1 Å². The number of hydrogen-bond acceptors (Lipinski definition) is 5. The van der Waals surface area contributed by atoms with E-state index in [0.717, 1.165) is 0 Å². The van der Waals surface area contributed by atoms with Crippen molar-refractivity contribution in [2.75, 3.05) is 18.4 Å². The van der Waals surface area contributed by atoms with Gasteiger partial charge < -0.3 is 16.2 Å². The second kappa shape index (κ2) is 6.73. The van der Waals surface area contributed by atoms with Gasteiger partial charge in [-0.15, -0.1) is 0 Å². The van der Waals surface area contributed by atoms with Gasteiger partial charge in [-0.05, 0) is 13.0 Å². The Morgan fingerprint density at radius 3 is 2.94 bits per heavy atom. The molecule has 0 amide bonds. The molecule has 1 aromatic rings. The molecule has 0 unspecified atom stereocenters. The Hall–Kier alpha value is -1.92. The number of aryl methyl sites for hydroxylation is 1. The fourth-order valence-corrected chi connectivity index (χ4v) is 1.52. The minimum absolute atomic E-state index is 0.0743. The van der Waals surface area contributed by atoms with Crippen molar-refractivity contribution in [2.45, 2.75) is 13.0 Å². The minimum atomic E-state index is -0.681. The van der Waals surface area contributed by atoms with E-state index in [1.54, 1.807) is 37.3 Å². The molecule has 6 heteroatoms. The van der Waals surface area contributed by atoms with Gasteiger partial charge in [0.25, 0.3) is 5.69 Å². The summed E-state index contributed by atoms with van der Waals surface area (Å²) in [7, 11) is 0. The van der Waals surface area contributed by atoms with E-state index in [2.05, 4.69) is 5.32 Å². The summed E-state index contributed by atoms with van der Waals surface area (Å²) in [6.45, 7) is 2.24. The van der Waals surface area contributed by atoms with E-state index in [4.69, 9.17) is 5.73 Å². The van der Waals surface area contributed by atoms with Crippen LogP contribution in [0.5, 0.6) is 0 Å². The van der Waals surface area contributed by atoms with Crippen molar-refractivity contribution in [3.8, 4) is 0 Å². The quantitative estimate of drug-likeness (QED) is 0.400. The third-order valence-electron chi connectivity index (χ3n) is 2.43. The molecule has 0 aliphatic heterocycles. The molecule has 0 saturated carbocycles. The summed E-state index contributed by atoms with van der Waals surface area (Å²) in [4.78, 5) is 10.5. The summed E-state index contributed by atoms with van der Waals surface area (Å²) in [5.74, 6) is 0. The zero-order valence-electron chi connectivity index (χ0n) is 10.2. The van der Waals surface area contributed by atoms with Crippen molar-refractivity contribution in [3.05, 3.63) is 46.0 Å². The van der Waals surface area contributed by atoms with E-state index in [1.165, 1.54) is 0 Å². The van der Waals surface area contributed by atoms with E-state index in [1.807, 2.05) is 0 Å². The number of aliphatic hydroxyl groups is 1. The van der Waals surface area contributed by atoms with Crippen LogP contribution in [-0.4, -0.2) is 29.2 Å². The van der Waals surface area contributed by atoms with E-state index in [-0.39, 0.29) is 12.2 Å². The van der Waals surface area contributed by atoms with Gasteiger partial charge in [-0.1, -0.05) is 24.3 Å². The Bertz CT molecular complexity index is 446. The van der Waals surface area contributed by atoms with Crippen LogP contribution in [0.4, 0.5) is 11.4 Å². The van der Waals surface area contributed by atoms with Crippen LogP contribution in [0, 0.1) is 17.0 Å². The molecule has 1 aromatic carbocycles. The number of aliphatic hydroxyl groups excluding tert-OH is 1. The first-order valence-corrected chi connectivity index (χ1v) is 5.59. The largest absolute Gasteiger partial charge is 0.388 e. The average molecular weight is 251 g/mol. The molecule has 98 valence electrons. The van der Waals surface area contributed by atoms with Crippen molar-refractivity contribution < 1.29 is 10.0 Å². The number of nitro benzene ring substituents is 1. The highest BCUT2D eigenvalue weighted by Gasteiger charge is 2.15. The Morgan fingerprint density at radius 1 is 1.61 bits per heavy atom. The smallest absolute Gasteiger partial charge is 0.295 e. The van der Waals surface area contributed by atoms with Gasteiger partial charge in [0, 0.05) is 18.7 Å². The highest BCUT2D eigenvalue weighted by atomic mass is 16.6. The Labute approximate surface area is 105 Å². The standard InChI is InChI=1S/C12H17N3O3/c1-9-4-2-6-11(12(9)15(17)18)14-7-3-5-10(16)8-13/h2-6,10,14,16H,7-8,13H2,1H3/b5-3+/t10-/m1/s1. The van der Waals surface area contributed by atoms with Gasteiger partial charge in [0.15, 0.2) is 0 Å². The molecular formula is C12H17N3O3. The van der Waals surface area contributed by atoms with Crippen molar-refractivity contribution in [2.24, 2.45) is 5.73 Å². The summed E-state index contributed by atoms with van der Waals surface area (Å²) in [5.41, 5.74) is 6.38. The number of para-hydroxylation sites is 1. The molecule has 0 spiro atoms. The summed E-state index contributed by atoms with van der Waals surface area (Å²) < 4.78 is 0. The van der Waals surface area contributed by atoms with E-state index in [9.17, 15) is 15.2 Å². The van der Waals surface area contributed by atoms with Crippen LogP contribution in [0.1, 0.15) is 5.56 Å². The zero-order valence-corrected chi connectivity index (χ0v) is 10.2. The molecular weight excluding hydrogens is 234 g/mol. The Kier molecular flexibility index (Phi) is 5.29. The molecule has 1 rings (SSSR count). The number of benzene rings is 1. The predicted molar refractivity (Wildman–Crippen MR) is 70.5 cm³/mol. The molecule has 1 atom stereocenters. The number of nitro groups is 1. The molecule has 0 radical (unpaired) electrons. The van der Waals surface area contributed by atoms with Gasteiger partial charge in [-0.25, -0.2) is 0 Å². The van der Waals surface area contributed by atoms with Gasteiger partial charge >= 0.3 is 0 Å². The van der Waals surface area contributed by atoms with Crippen molar-refractivity contribution >= 4 is 11.4 Å². The van der Waals surface area contributed by atoms with Crippen LogP contribution in [-0.2, 0) is 0 Å². The Balaban J connectivity index is 2.71. The third kappa shape index (κ3) is 3.83. The lowest BCUT2D eigenvalue weighted by Crippen LogP contribution is -2.17. The number of rotatable bonds is 6. The summed E-state index contributed by atoms with van der Waals surface area (Å²) in [6.07, 6.45) is 2.55. The second-order valence-corrected chi connectivity index (χ2v) is 3.84. The van der Waals surface area contributed by atoms with E-state index in [0.29, 0.717) is 17.8 Å². The molecule has 0 aliphatic rings. The predicted octanol–water partition coefficient (Wildman–Crippen LogP) is 1.19. The first-order valence-electron chi connectivity index (χ1n) is 5.59. The molecule has 0 saturated heterocycles. The van der Waals surface area contributed by atoms with Gasteiger partial charge in [0.05, 0.1) is 11.0 Å². The van der Waals surface area contributed by atoms with Crippen molar-refractivity contribution in [1.82, 2.24) is 0 Å². The number of hydrogen-bond donors (Lipinski definition) is 3. The molecule has 0 fully saturated rings. The minimum Gasteiger partial charge on any atom is -0.388 e. The topological polar surface area (TPSA) is 101 Å². The normalized spacial score (nSPS) is 12.6. The lowest BCUT2D eigenvalue weighted by molar-refractivity contribution is -0.384. The molecule has 6 nitrogen and oxygen atoms in total. The van der Waals surface area contributed by atoms with Crippen LogP contribution < -0.4 is 11.1 Å². The number of nitrogens with two attached hydrogens (primary N) is 1. The fraction of sp³-hybridized carbons (Fsp3) is 0.333. The zero-order chi connectivity index (χ0) is 13.5. The number of nitrogens with zero attached hydrogens (tertiary/aromatic N) is 1. The van der Waals surface area contributed by atoms with Crippen LogP contribution in [0.15, 0.2) is 30.4 Å². The molecule has 0 aromatic heterocycles. The Morgan fingerprint density at radius 2 is 2.33 bits per heavy atom. The van der Waals surface area contributed by atoms with Crippen LogP contribution in [0.3, 0.4) is 0 Å². The second-order valence-electron chi connectivity index (χ2n) is 3.84. The summed E-state index contributed by atoms with van der Waals surface area (Å²) >= 11 is 0. The first-order chi connectivity index (χ1) is 8.56. The summed E-state index contributed by atoms with van der Waals surface area (Å²) in [6, 6.07) is 5.10. The summed E-state index contributed by atoms with van der Waals surface area (Å²) in [5, 5.41) is 23.0. The highest BCUT2D eigenvalue weighted by molar-refractivity contribution is 5.65. The average Bonchev–Trinajstić information content (AvgIpc) is 2.33. The molecule has 0 bridgehead atoms. The SMILES string of the molecule is Cc1cccc(NC/C=C/[C@@H](O)CN)c1[N+](=O)[O-]. The monoisotopic (exact) mass is 251 g/mol. The molecule has 18 heavy (non-hydrogen) atoms. The van der Waals surface area contributed by atoms with Crippen LogP contribution in [0.2, 0.25) is 0 Å². The molecule has 0 heterocycles. The van der Waals surface area contributed by atoms with E-state index < -0.39 is 11.0 Å². The lowest BCUT2D eigenvalue weighted by atomic mass is 10.1. The van der Waals surface area contributed by atoms with Crippen LogP contribution >= 0.6 is 0 Å². The van der Waals surface area contributed by atoms with E-state index >= 15 is 0 Å². The van der Waals surface area contributed by atoms with Crippen molar-refractivity contribution in [1.29, 1.82) is 0 Å². The molecule has 0 aliphatic carbocycles. The number of nitrogens with one attached hydrogen (secondary N) is 1. The van der Waals surface area contributed by atoms with Gasteiger partial charge in [0.1, 0.15) is 5.69 Å². The first kappa shape index (κ1) is 14.1. The van der Waals surface area contributed by atoms with Crippen molar-refractivity contribution in [3.63, 3.8) is 0 Å². The van der Waals surface area contributed by atoms with Gasteiger partial charge in [-0.2, -0.15) is 0 Å². The van der Waals surface area contributed by atoms with Gasteiger partial charge in [0.2, 0.25) is 0 Å². The maximum Gasteiger partial charge on any atom is 0.295 e.